The fourth-order valence-corrected chi connectivity index (χ4v) is 1.38. The Bertz CT molecular complexity index is 426. The van der Waals surface area contributed by atoms with Crippen molar-refractivity contribution in [3.63, 3.8) is 0 Å². The molecule has 0 aliphatic rings. The van der Waals surface area contributed by atoms with E-state index < -0.39 is 5.82 Å². The smallest absolute Gasteiger partial charge is 0.251 e. The average molecular weight is 302 g/mol. The normalized spacial score (nSPS) is 13.3. The summed E-state index contributed by atoms with van der Waals surface area (Å²) >= 11 is 3.05. The predicted molar refractivity (Wildman–Crippen MR) is 70.5 cm³/mol. The Morgan fingerprint density at radius 2 is 2.00 bits per heavy atom. The van der Waals surface area contributed by atoms with Crippen LogP contribution in [0.4, 0.5) is 4.39 Å². The van der Waals surface area contributed by atoms with Crippen LogP contribution in [0.2, 0.25) is 0 Å². The van der Waals surface area contributed by atoms with Gasteiger partial charge in [-0.25, -0.2) is 4.39 Å². The van der Waals surface area contributed by atoms with Gasteiger partial charge in [-0.2, -0.15) is 0 Å². The number of rotatable bonds is 2. The lowest BCUT2D eigenvalue weighted by Gasteiger charge is -2.28. The van der Waals surface area contributed by atoms with E-state index in [1.54, 1.807) is 6.07 Å². The van der Waals surface area contributed by atoms with Crippen molar-refractivity contribution in [3.8, 4) is 0 Å². The average Bonchev–Trinajstić information content (AvgIpc) is 2.20. The van der Waals surface area contributed by atoms with E-state index in [0.29, 0.717) is 10.0 Å². The number of hydrogen-bond acceptors (Lipinski definition) is 1. The van der Waals surface area contributed by atoms with Crippen LogP contribution in [0.1, 0.15) is 38.1 Å². The van der Waals surface area contributed by atoms with Gasteiger partial charge in [0.05, 0.1) is 4.47 Å². The van der Waals surface area contributed by atoms with E-state index in [9.17, 15) is 9.18 Å². The first kappa shape index (κ1) is 14.2. The van der Waals surface area contributed by atoms with Crippen molar-refractivity contribution >= 4 is 21.8 Å². The molecule has 17 heavy (non-hydrogen) atoms. The van der Waals surface area contributed by atoms with Gasteiger partial charge < -0.3 is 5.32 Å². The molecule has 0 aliphatic carbocycles. The van der Waals surface area contributed by atoms with Crippen LogP contribution in [-0.2, 0) is 0 Å². The lowest BCUT2D eigenvalue weighted by Crippen LogP contribution is -2.41. The van der Waals surface area contributed by atoms with Gasteiger partial charge in [0.15, 0.2) is 0 Å². The summed E-state index contributed by atoms with van der Waals surface area (Å²) in [6.45, 7) is 8.06. The minimum atomic E-state index is -0.430. The SMILES string of the molecule is CC(NC(=O)c1ccc(Br)c(F)c1)C(C)(C)C. The molecular formula is C13H17BrFNO. The Hall–Kier alpha value is -0.900. The van der Waals surface area contributed by atoms with Crippen LogP contribution in [0.25, 0.3) is 0 Å². The van der Waals surface area contributed by atoms with Gasteiger partial charge in [-0.1, -0.05) is 20.8 Å². The highest BCUT2D eigenvalue weighted by molar-refractivity contribution is 9.10. The highest BCUT2D eigenvalue weighted by Gasteiger charge is 2.22. The molecule has 0 aliphatic heterocycles. The molecule has 0 aromatic heterocycles. The van der Waals surface area contributed by atoms with Crippen molar-refractivity contribution in [2.45, 2.75) is 33.7 Å². The first-order valence-electron chi connectivity index (χ1n) is 5.47. The summed E-state index contributed by atoms with van der Waals surface area (Å²) in [6, 6.07) is 4.38. The standard InChI is InChI=1S/C13H17BrFNO/c1-8(13(2,3)4)16-12(17)9-5-6-10(14)11(15)7-9/h5-8H,1-4H3,(H,16,17). The van der Waals surface area contributed by atoms with E-state index in [2.05, 4.69) is 21.2 Å². The minimum absolute atomic E-state index is 0.0155. The first-order valence-corrected chi connectivity index (χ1v) is 6.27. The third-order valence-corrected chi connectivity index (χ3v) is 3.47. The van der Waals surface area contributed by atoms with Crippen LogP contribution >= 0.6 is 15.9 Å². The van der Waals surface area contributed by atoms with Crippen molar-refractivity contribution in [2.24, 2.45) is 5.41 Å². The summed E-state index contributed by atoms with van der Waals surface area (Å²) in [7, 11) is 0. The monoisotopic (exact) mass is 301 g/mol. The maximum Gasteiger partial charge on any atom is 0.251 e. The summed E-state index contributed by atoms with van der Waals surface area (Å²) in [6.07, 6.45) is 0. The molecule has 1 aromatic rings. The van der Waals surface area contributed by atoms with Crippen LogP contribution in [0, 0.1) is 11.2 Å². The number of carbonyl (C=O) groups is 1. The summed E-state index contributed by atoms with van der Waals surface area (Å²) in [5, 5.41) is 2.86. The van der Waals surface area contributed by atoms with E-state index in [4.69, 9.17) is 0 Å². The molecule has 0 bridgehead atoms. The van der Waals surface area contributed by atoms with Crippen LogP contribution in [0.5, 0.6) is 0 Å². The molecule has 0 spiro atoms. The molecule has 0 fully saturated rings. The Kier molecular flexibility index (Phi) is 4.31. The fourth-order valence-electron chi connectivity index (χ4n) is 1.13. The second-order valence-corrected chi connectivity index (χ2v) is 6.04. The third kappa shape index (κ3) is 3.80. The van der Waals surface area contributed by atoms with Crippen molar-refractivity contribution < 1.29 is 9.18 Å². The number of benzene rings is 1. The summed E-state index contributed by atoms with van der Waals surface area (Å²) in [5.74, 6) is -0.681. The molecule has 1 unspecified atom stereocenters. The largest absolute Gasteiger partial charge is 0.349 e. The molecule has 1 amide bonds. The highest BCUT2D eigenvalue weighted by atomic mass is 79.9. The highest BCUT2D eigenvalue weighted by Crippen LogP contribution is 2.20. The van der Waals surface area contributed by atoms with Gasteiger partial charge in [-0.05, 0) is 46.5 Å². The molecule has 1 rings (SSSR count). The summed E-state index contributed by atoms with van der Waals surface area (Å²) in [4.78, 5) is 11.9. The van der Waals surface area contributed by atoms with Crippen molar-refractivity contribution in [2.75, 3.05) is 0 Å². The van der Waals surface area contributed by atoms with Crippen LogP contribution in [0.3, 0.4) is 0 Å². The molecule has 0 saturated heterocycles. The second kappa shape index (κ2) is 5.17. The van der Waals surface area contributed by atoms with Gasteiger partial charge in [0, 0.05) is 11.6 Å². The van der Waals surface area contributed by atoms with Gasteiger partial charge in [-0.15, -0.1) is 0 Å². The van der Waals surface area contributed by atoms with Gasteiger partial charge in [0.1, 0.15) is 5.82 Å². The van der Waals surface area contributed by atoms with Crippen LogP contribution in [0.15, 0.2) is 22.7 Å². The quantitative estimate of drug-likeness (QED) is 0.885. The van der Waals surface area contributed by atoms with Crippen molar-refractivity contribution in [3.05, 3.63) is 34.1 Å². The van der Waals surface area contributed by atoms with E-state index in [1.807, 2.05) is 27.7 Å². The topological polar surface area (TPSA) is 29.1 Å². The molecule has 1 atom stereocenters. The maximum atomic E-state index is 13.3. The molecule has 2 nitrogen and oxygen atoms in total. The van der Waals surface area contributed by atoms with Gasteiger partial charge in [-0.3, -0.25) is 4.79 Å². The fraction of sp³-hybridized carbons (Fsp3) is 0.462. The minimum Gasteiger partial charge on any atom is -0.349 e. The number of carbonyl (C=O) groups excluding carboxylic acids is 1. The van der Waals surface area contributed by atoms with Crippen LogP contribution in [-0.4, -0.2) is 11.9 Å². The zero-order valence-electron chi connectivity index (χ0n) is 10.5. The number of amides is 1. The third-order valence-electron chi connectivity index (χ3n) is 2.83. The summed E-state index contributed by atoms with van der Waals surface area (Å²) in [5.41, 5.74) is 0.311. The van der Waals surface area contributed by atoms with Gasteiger partial charge >= 0.3 is 0 Å². The molecule has 0 saturated carbocycles. The lowest BCUT2D eigenvalue weighted by atomic mass is 9.88. The molecular weight excluding hydrogens is 285 g/mol. The molecule has 1 aromatic carbocycles. The Morgan fingerprint density at radius 3 is 2.47 bits per heavy atom. The second-order valence-electron chi connectivity index (χ2n) is 5.19. The first-order chi connectivity index (χ1) is 7.71. The van der Waals surface area contributed by atoms with E-state index >= 15 is 0 Å². The van der Waals surface area contributed by atoms with Gasteiger partial charge in [0.2, 0.25) is 0 Å². The van der Waals surface area contributed by atoms with Crippen LogP contribution < -0.4 is 5.32 Å². The van der Waals surface area contributed by atoms with Crippen molar-refractivity contribution in [1.82, 2.24) is 5.32 Å². The Morgan fingerprint density at radius 1 is 1.41 bits per heavy atom. The Labute approximate surface area is 110 Å². The Balaban J connectivity index is 2.80. The number of hydrogen-bond donors (Lipinski definition) is 1. The summed E-state index contributed by atoms with van der Waals surface area (Å²) < 4.78 is 13.6. The molecule has 4 heteroatoms. The zero-order chi connectivity index (χ0) is 13.2. The van der Waals surface area contributed by atoms with Crippen molar-refractivity contribution in [1.29, 1.82) is 0 Å². The molecule has 0 heterocycles. The zero-order valence-corrected chi connectivity index (χ0v) is 12.1. The molecule has 1 N–H and O–H groups in total. The van der Waals surface area contributed by atoms with E-state index in [-0.39, 0.29) is 17.4 Å². The predicted octanol–water partition coefficient (Wildman–Crippen LogP) is 3.75. The number of halogens is 2. The van der Waals surface area contributed by atoms with E-state index in [0.717, 1.165) is 0 Å². The molecule has 0 radical (unpaired) electrons. The number of nitrogens with one attached hydrogen (secondary N) is 1. The molecule has 94 valence electrons. The lowest BCUT2D eigenvalue weighted by molar-refractivity contribution is 0.0909. The van der Waals surface area contributed by atoms with E-state index in [1.165, 1.54) is 12.1 Å². The maximum absolute atomic E-state index is 13.3. The van der Waals surface area contributed by atoms with Gasteiger partial charge in [0.25, 0.3) is 5.91 Å².